The maximum absolute atomic E-state index is 12.3. The topological polar surface area (TPSA) is 29.5 Å². The van der Waals surface area contributed by atoms with Crippen LogP contribution in [-0.4, -0.2) is 42.5 Å². The second-order valence-corrected chi connectivity index (χ2v) is 6.34. The highest BCUT2D eigenvalue weighted by atomic mass is 35.5. The zero-order chi connectivity index (χ0) is 14.1. The number of fused-ring (bicyclic) bond motifs is 1. The Morgan fingerprint density at radius 2 is 2.25 bits per heavy atom. The van der Waals surface area contributed by atoms with Gasteiger partial charge in [0.05, 0.1) is 6.61 Å². The van der Waals surface area contributed by atoms with Gasteiger partial charge in [-0.3, -0.25) is 9.69 Å². The quantitative estimate of drug-likeness (QED) is 0.859. The number of ketones is 1. The summed E-state index contributed by atoms with van der Waals surface area (Å²) in [6.45, 7) is 2.47. The SMILES string of the molecule is O=C(Cc1ccc(Cl)cc1Cl)C1CN2CCCC2CO1. The summed E-state index contributed by atoms with van der Waals surface area (Å²) < 4.78 is 5.73. The number of Topliss-reactive ketones (excluding diaryl/α,β-unsaturated/α-hetero) is 1. The number of nitrogens with zero attached hydrogens (tertiary/aromatic N) is 1. The van der Waals surface area contributed by atoms with E-state index in [2.05, 4.69) is 4.90 Å². The summed E-state index contributed by atoms with van der Waals surface area (Å²) in [5.41, 5.74) is 0.813. The van der Waals surface area contributed by atoms with Gasteiger partial charge in [0, 0.05) is 29.1 Å². The van der Waals surface area contributed by atoms with Crippen LogP contribution in [0.5, 0.6) is 0 Å². The van der Waals surface area contributed by atoms with E-state index in [0.717, 1.165) is 12.1 Å². The van der Waals surface area contributed by atoms with Gasteiger partial charge in [0.2, 0.25) is 0 Å². The van der Waals surface area contributed by atoms with Crippen LogP contribution in [0.1, 0.15) is 18.4 Å². The molecule has 2 aliphatic heterocycles. The van der Waals surface area contributed by atoms with Crippen molar-refractivity contribution in [2.75, 3.05) is 19.7 Å². The van der Waals surface area contributed by atoms with Gasteiger partial charge in [-0.25, -0.2) is 0 Å². The van der Waals surface area contributed by atoms with E-state index in [4.69, 9.17) is 27.9 Å². The van der Waals surface area contributed by atoms with Gasteiger partial charge in [-0.15, -0.1) is 0 Å². The predicted molar refractivity (Wildman–Crippen MR) is 79.5 cm³/mol. The minimum atomic E-state index is -0.323. The number of morpholine rings is 1. The van der Waals surface area contributed by atoms with Gasteiger partial charge in [0.1, 0.15) is 6.10 Å². The highest BCUT2D eigenvalue weighted by Crippen LogP contribution is 2.25. The van der Waals surface area contributed by atoms with E-state index < -0.39 is 0 Å². The minimum absolute atomic E-state index is 0.0968. The normalized spacial score (nSPS) is 26.5. The molecule has 0 saturated carbocycles. The van der Waals surface area contributed by atoms with Crippen molar-refractivity contribution in [2.24, 2.45) is 0 Å². The molecule has 1 aromatic carbocycles. The fraction of sp³-hybridized carbons (Fsp3) is 0.533. The lowest BCUT2D eigenvalue weighted by Crippen LogP contribution is -2.49. The molecular formula is C15H17Cl2NO2. The Balaban J connectivity index is 1.64. The zero-order valence-corrected chi connectivity index (χ0v) is 12.7. The monoisotopic (exact) mass is 313 g/mol. The van der Waals surface area contributed by atoms with Crippen LogP contribution in [-0.2, 0) is 16.0 Å². The van der Waals surface area contributed by atoms with Crippen molar-refractivity contribution in [3.63, 3.8) is 0 Å². The third-order valence-electron chi connectivity index (χ3n) is 4.13. The average Bonchev–Trinajstić information content (AvgIpc) is 2.89. The van der Waals surface area contributed by atoms with E-state index in [9.17, 15) is 4.79 Å². The number of rotatable bonds is 3. The largest absolute Gasteiger partial charge is 0.367 e. The molecule has 0 aromatic heterocycles. The van der Waals surface area contributed by atoms with Crippen LogP contribution < -0.4 is 0 Å². The number of halogens is 2. The Morgan fingerprint density at radius 3 is 3.05 bits per heavy atom. The van der Waals surface area contributed by atoms with Gasteiger partial charge in [-0.05, 0) is 37.1 Å². The highest BCUT2D eigenvalue weighted by molar-refractivity contribution is 6.35. The molecule has 2 heterocycles. The van der Waals surface area contributed by atoms with Crippen LogP contribution in [0.15, 0.2) is 18.2 Å². The predicted octanol–water partition coefficient (Wildman–Crippen LogP) is 2.97. The van der Waals surface area contributed by atoms with Crippen molar-refractivity contribution >= 4 is 29.0 Å². The summed E-state index contributed by atoms with van der Waals surface area (Å²) in [5.74, 6) is 0.0968. The van der Waals surface area contributed by atoms with Crippen molar-refractivity contribution in [3.8, 4) is 0 Å². The molecule has 2 aliphatic rings. The molecule has 3 nitrogen and oxygen atoms in total. The average molecular weight is 314 g/mol. The molecular weight excluding hydrogens is 297 g/mol. The van der Waals surface area contributed by atoms with E-state index in [1.165, 1.54) is 12.8 Å². The lowest BCUT2D eigenvalue weighted by Gasteiger charge is -2.34. The molecule has 2 atom stereocenters. The van der Waals surface area contributed by atoms with E-state index in [1.54, 1.807) is 12.1 Å². The molecule has 5 heteroatoms. The van der Waals surface area contributed by atoms with Crippen molar-refractivity contribution in [1.29, 1.82) is 0 Å². The van der Waals surface area contributed by atoms with E-state index in [0.29, 0.717) is 35.7 Å². The summed E-state index contributed by atoms with van der Waals surface area (Å²) in [4.78, 5) is 14.7. The molecule has 0 spiro atoms. The smallest absolute Gasteiger partial charge is 0.167 e. The summed E-state index contributed by atoms with van der Waals surface area (Å²) in [6, 6.07) is 5.75. The van der Waals surface area contributed by atoms with Crippen molar-refractivity contribution in [3.05, 3.63) is 33.8 Å². The van der Waals surface area contributed by atoms with E-state index >= 15 is 0 Å². The molecule has 20 heavy (non-hydrogen) atoms. The third-order valence-corrected chi connectivity index (χ3v) is 4.72. The molecule has 2 saturated heterocycles. The lowest BCUT2D eigenvalue weighted by atomic mass is 10.0. The van der Waals surface area contributed by atoms with Crippen molar-refractivity contribution in [2.45, 2.75) is 31.4 Å². The lowest BCUT2D eigenvalue weighted by molar-refractivity contribution is -0.137. The number of hydrogen-bond donors (Lipinski definition) is 0. The standard InChI is InChI=1S/C15H17Cl2NO2/c16-11-4-3-10(13(17)7-11)6-14(19)15-8-18-5-1-2-12(18)9-20-15/h3-4,7,12,15H,1-2,5-6,8-9H2. The van der Waals surface area contributed by atoms with E-state index in [1.807, 2.05) is 6.07 Å². The molecule has 0 N–H and O–H groups in total. The second kappa shape index (κ2) is 6.02. The number of benzene rings is 1. The van der Waals surface area contributed by atoms with Gasteiger partial charge in [-0.2, -0.15) is 0 Å². The van der Waals surface area contributed by atoms with Gasteiger partial charge >= 0.3 is 0 Å². The Morgan fingerprint density at radius 1 is 1.40 bits per heavy atom. The van der Waals surface area contributed by atoms with Gasteiger partial charge in [0.15, 0.2) is 5.78 Å². The first kappa shape index (κ1) is 14.3. The Hall–Kier alpha value is -0.610. The second-order valence-electron chi connectivity index (χ2n) is 5.49. The minimum Gasteiger partial charge on any atom is -0.367 e. The van der Waals surface area contributed by atoms with Crippen LogP contribution in [0.3, 0.4) is 0 Å². The maximum Gasteiger partial charge on any atom is 0.167 e. The van der Waals surface area contributed by atoms with Crippen LogP contribution in [0.25, 0.3) is 0 Å². The molecule has 2 unspecified atom stereocenters. The summed E-state index contributed by atoms with van der Waals surface area (Å²) in [5, 5.41) is 1.13. The fourth-order valence-corrected chi connectivity index (χ4v) is 3.45. The molecule has 108 valence electrons. The molecule has 0 aliphatic carbocycles. The number of ether oxygens (including phenoxy) is 1. The first-order valence-corrected chi connectivity index (χ1v) is 7.71. The fourth-order valence-electron chi connectivity index (χ4n) is 2.98. The zero-order valence-electron chi connectivity index (χ0n) is 11.1. The van der Waals surface area contributed by atoms with Crippen LogP contribution in [0.4, 0.5) is 0 Å². The molecule has 0 bridgehead atoms. The summed E-state index contributed by atoms with van der Waals surface area (Å²) in [7, 11) is 0. The van der Waals surface area contributed by atoms with Crippen LogP contribution in [0, 0.1) is 0 Å². The molecule has 2 fully saturated rings. The number of carbonyl (C=O) groups is 1. The molecule has 0 amide bonds. The Bertz CT molecular complexity index is 521. The Kier molecular flexibility index (Phi) is 4.32. The maximum atomic E-state index is 12.3. The highest BCUT2D eigenvalue weighted by Gasteiger charge is 2.35. The van der Waals surface area contributed by atoms with E-state index in [-0.39, 0.29) is 11.9 Å². The first-order chi connectivity index (χ1) is 9.63. The van der Waals surface area contributed by atoms with Gasteiger partial charge in [-0.1, -0.05) is 29.3 Å². The van der Waals surface area contributed by atoms with Gasteiger partial charge < -0.3 is 4.74 Å². The van der Waals surface area contributed by atoms with Crippen LogP contribution in [0.2, 0.25) is 10.0 Å². The van der Waals surface area contributed by atoms with Crippen molar-refractivity contribution in [1.82, 2.24) is 4.90 Å². The summed E-state index contributed by atoms with van der Waals surface area (Å²) >= 11 is 12.0. The van der Waals surface area contributed by atoms with Gasteiger partial charge in [0.25, 0.3) is 0 Å². The Labute approximate surface area is 128 Å². The molecule has 3 rings (SSSR count). The first-order valence-electron chi connectivity index (χ1n) is 6.96. The number of carbonyl (C=O) groups excluding carboxylic acids is 1. The summed E-state index contributed by atoms with van der Waals surface area (Å²) in [6.07, 6.45) is 2.37. The van der Waals surface area contributed by atoms with Crippen molar-refractivity contribution < 1.29 is 9.53 Å². The van der Waals surface area contributed by atoms with Crippen LogP contribution >= 0.6 is 23.2 Å². The molecule has 0 radical (unpaired) electrons. The third kappa shape index (κ3) is 3.01. The molecule has 1 aromatic rings. The number of hydrogen-bond acceptors (Lipinski definition) is 3.